The molecule has 5 rings (SSSR count). The van der Waals surface area contributed by atoms with E-state index in [1.807, 2.05) is 4.90 Å². The van der Waals surface area contributed by atoms with Gasteiger partial charge in [-0.25, -0.2) is 4.98 Å². The number of Topliss-reactive ketones (excluding diaryl/α,β-unsaturated/α-hetero) is 1. The van der Waals surface area contributed by atoms with Crippen LogP contribution in [0.1, 0.15) is 76.7 Å². The molecule has 1 atom stereocenters. The average Bonchev–Trinajstić information content (AvgIpc) is 3.63. The van der Waals surface area contributed by atoms with Crippen LogP contribution in [0, 0.1) is 13.8 Å². The molecule has 2 fully saturated rings. The number of carbonyl (C=O) groups excluding carboxylic acids is 2. The van der Waals surface area contributed by atoms with Crippen LogP contribution in [0.3, 0.4) is 0 Å². The lowest BCUT2D eigenvalue weighted by atomic mass is 9.99. The first kappa shape index (κ1) is 28.7. The number of amides is 1. The molecule has 2 saturated heterocycles. The number of hydrogen-bond acceptors (Lipinski definition) is 6. The highest BCUT2D eigenvalue weighted by Crippen LogP contribution is 2.33. The first-order valence-electron chi connectivity index (χ1n) is 14.6. The Morgan fingerprint density at radius 2 is 1.77 bits per heavy atom. The van der Waals surface area contributed by atoms with Gasteiger partial charge in [-0.3, -0.25) is 14.5 Å². The summed E-state index contributed by atoms with van der Waals surface area (Å²) < 4.78 is 5.48. The number of morpholine rings is 1. The van der Waals surface area contributed by atoms with Crippen molar-refractivity contribution >= 4 is 23.0 Å². The minimum absolute atomic E-state index is 0.0968. The van der Waals surface area contributed by atoms with E-state index in [0.717, 1.165) is 69.4 Å². The maximum atomic E-state index is 13.2. The maximum absolute atomic E-state index is 13.2. The summed E-state index contributed by atoms with van der Waals surface area (Å²) in [4.78, 5) is 35.1. The van der Waals surface area contributed by atoms with Gasteiger partial charge in [0.1, 0.15) is 5.78 Å². The summed E-state index contributed by atoms with van der Waals surface area (Å²) in [5.74, 6) is 0.239. The molecule has 3 aromatic rings. The lowest BCUT2D eigenvalue weighted by Gasteiger charge is -2.28. The van der Waals surface area contributed by atoms with Gasteiger partial charge in [0.25, 0.3) is 0 Å². The number of thiazole rings is 1. The van der Waals surface area contributed by atoms with E-state index in [0.29, 0.717) is 25.7 Å². The molecule has 1 amide bonds. The van der Waals surface area contributed by atoms with Crippen LogP contribution in [0.2, 0.25) is 0 Å². The van der Waals surface area contributed by atoms with Crippen LogP contribution in [-0.2, 0) is 33.7 Å². The SMILES string of the molecule is Cc1cccc(C)c1Cc1csc(CCC(=O)CCC(=O)N2CCCC2c2cccc(CN3CCOCC3)c2)n1. The molecule has 1 aromatic heterocycles. The molecular formula is C33H41N3O3S. The second-order valence-corrected chi connectivity index (χ2v) is 12.1. The van der Waals surface area contributed by atoms with E-state index in [4.69, 9.17) is 9.72 Å². The maximum Gasteiger partial charge on any atom is 0.223 e. The molecule has 40 heavy (non-hydrogen) atoms. The number of ether oxygens (including phenoxy) is 1. The molecule has 2 aromatic carbocycles. The molecule has 0 spiro atoms. The molecule has 0 bridgehead atoms. The predicted molar refractivity (Wildman–Crippen MR) is 160 cm³/mol. The van der Waals surface area contributed by atoms with Crippen molar-refractivity contribution in [3.63, 3.8) is 0 Å². The van der Waals surface area contributed by atoms with E-state index < -0.39 is 0 Å². The molecule has 2 aliphatic heterocycles. The highest BCUT2D eigenvalue weighted by Gasteiger charge is 2.30. The molecule has 212 valence electrons. The Morgan fingerprint density at radius 1 is 1.00 bits per heavy atom. The summed E-state index contributed by atoms with van der Waals surface area (Å²) in [6, 6.07) is 15.2. The van der Waals surface area contributed by atoms with E-state index in [-0.39, 0.29) is 17.7 Å². The number of ketones is 1. The standard InChI is InChI=1S/C33H41N3O3S/c1-24-6-3-7-25(2)30(24)21-28-23-40-32(34-28)13-11-29(37)12-14-33(38)36-15-5-10-31(36)27-9-4-8-26(20-27)22-35-16-18-39-19-17-35/h3-4,6-9,20,23,31H,5,10-19,21-22H2,1-2H3. The van der Waals surface area contributed by atoms with E-state index in [2.05, 4.69) is 66.6 Å². The Balaban J connectivity index is 1.09. The Morgan fingerprint density at radius 3 is 2.58 bits per heavy atom. The fraction of sp³-hybridized carbons (Fsp3) is 0.485. The summed E-state index contributed by atoms with van der Waals surface area (Å²) in [7, 11) is 0. The molecule has 0 saturated carbocycles. The number of carbonyl (C=O) groups is 2. The molecule has 2 aliphatic rings. The number of benzene rings is 2. The number of hydrogen-bond donors (Lipinski definition) is 0. The summed E-state index contributed by atoms with van der Waals surface area (Å²) in [6.45, 7) is 9.48. The Kier molecular flexibility index (Phi) is 9.79. The van der Waals surface area contributed by atoms with E-state index in [1.165, 1.54) is 27.8 Å². The summed E-state index contributed by atoms with van der Waals surface area (Å²) in [5.41, 5.74) is 7.47. The van der Waals surface area contributed by atoms with Crippen molar-refractivity contribution in [2.24, 2.45) is 0 Å². The quantitative estimate of drug-likeness (QED) is 0.296. The van der Waals surface area contributed by atoms with E-state index in [1.54, 1.807) is 11.3 Å². The molecule has 0 N–H and O–H groups in total. The smallest absolute Gasteiger partial charge is 0.223 e. The van der Waals surface area contributed by atoms with Gasteiger partial charge in [-0.15, -0.1) is 11.3 Å². The fourth-order valence-electron chi connectivity index (χ4n) is 5.94. The number of aromatic nitrogens is 1. The fourth-order valence-corrected chi connectivity index (χ4v) is 6.74. The van der Waals surface area contributed by atoms with Crippen LogP contribution in [0.4, 0.5) is 0 Å². The van der Waals surface area contributed by atoms with E-state index >= 15 is 0 Å². The highest BCUT2D eigenvalue weighted by atomic mass is 32.1. The zero-order chi connectivity index (χ0) is 27.9. The summed E-state index contributed by atoms with van der Waals surface area (Å²) >= 11 is 1.63. The van der Waals surface area contributed by atoms with Crippen LogP contribution in [0.15, 0.2) is 47.8 Å². The zero-order valence-corrected chi connectivity index (χ0v) is 24.7. The third-order valence-electron chi connectivity index (χ3n) is 8.26. The topological polar surface area (TPSA) is 62.7 Å². The van der Waals surface area contributed by atoms with Gasteiger partial charge >= 0.3 is 0 Å². The first-order chi connectivity index (χ1) is 19.5. The van der Waals surface area contributed by atoms with Crippen molar-refractivity contribution in [3.8, 4) is 0 Å². The molecule has 7 heteroatoms. The second-order valence-electron chi connectivity index (χ2n) is 11.2. The van der Waals surface area contributed by atoms with Gasteiger partial charge in [0.15, 0.2) is 0 Å². The molecule has 1 unspecified atom stereocenters. The highest BCUT2D eigenvalue weighted by molar-refractivity contribution is 7.09. The third kappa shape index (κ3) is 7.45. The van der Waals surface area contributed by atoms with Crippen molar-refractivity contribution in [1.29, 1.82) is 0 Å². The summed E-state index contributed by atoms with van der Waals surface area (Å²) in [6.07, 6.45) is 4.49. The van der Waals surface area contributed by atoms with Crippen LogP contribution in [0.25, 0.3) is 0 Å². The van der Waals surface area contributed by atoms with Crippen molar-refractivity contribution in [1.82, 2.24) is 14.8 Å². The minimum atomic E-state index is 0.0968. The van der Waals surface area contributed by atoms with Crippen LogP contribution in [0.5, 0.6) is 0 Å². The Hall–Kier alpha value is -2.87. The van der Waals surface area contributed by atoms with Gasteiger partial charge in [0, 0.05) is 63.7 Å². The molecule has 0 aliphatic carbocycles. The van der Waals surface area contributed by atoms with Crippen LogP contribution in [-0.4, -0.2) is 59.3 Å². The van der Waals surface area contributed by atoms with Gasteiger partial charge in [0.2, 0.25) is 5.91 Å². The van der Waals surface area contributed by atoms with Gasteiger partial charge in [-0.05, 0) is 54.5 Å². The number of nitrogens with zero attached hydrogens (tertiary/aromatic N) is 3. The van der Waals surface area contributed by atoms with Gasteiger partial charge in [-0.1, -0.05) is 42.5 Å². The van der Waals surface area contributed by atoms with Crippen molar-refractivity contribution in [2.75, 3.05) is 32.8 Å². The first-order valence-corrected chi connectivity index (χ1v) is 15.5. The molecule has 0 radical (unpaired) electrons. The van der Waals surface area contributed by atoms with Crippen LogP contribution < -0.4 is 0 Å². The van der Waals surface area contributed by atoms with Crippen LogP contribution >= 0.6 is 11.3 Å². The van der Waals surface area contributed by atoms with Gasteiger partial charge < -0.3 is 9.64 Å². The molecule has 6 nitrogen and oxygen atoms in total. The largest absolute Gasteiger partial charge is 0.379 e. The molecular weight excluding hydrogens is 518 g/mol. The van der Waals surface area contributed by atoms with Crippen molar-refractivity contribution < 1.29 is 14.3 Å². The van der Waals surface area contributed by atoms with Crippen molar-refractivity contribution in [2.45, 2.75) is 71.4 Å². The minimum Gasteiger partial charge on any atom is -0.379 e. The number of aryl methyl sites for hydroxylation is 3. The van der Waals surface area contributed by atoms with Gasteiger partial charge in [0.05, 0.1) is 30.0 Å². The second kappa shape index (κ2) is 13.7. The number of rotatable bonds is 11. The van der Waals surface area contributed by atoms with Crippen molar-refractivity contribution in [3.05, 3.63) is 86.4 Å². The average molecular weight is 560 g/mol. The Labute approximate surface area is 242 Å². The third-order valence-corrected chi connectivity index (χ3v) is 9.21. The number of likely N-dealkylation sites (tertiary alicyclic amines) is 1. The van der Waals surface area contributed by atoms with E-state index in [9.17, 15) is 9.59 Å². The molecule has 3 heterocycles. The predicted octanol–water partition coefficient (Wildman–Crippen LogP) is 5.83. The Bertz CT molecular complexity index is 1290. The normalized spacial score (nSPS) is 17.9. The monoisotopic (exact) mass is 559 g/mol. The lowest BCUT2D eigenvalue weighted by Crippen LogP contribution is -2.35. The lowest BCUT2D eigenvalue weighted by molar-refractivity contribution is -0.134. The van der Waals surface area contributed by atoms with Gasteiger partial charge in [-0.2, -0.15) is 0 Å². The zero-order valence-electron chi connectivity index (χ0n) is 23.9. The summed E-state index contributed by atoms with van der Waals surface area (Å²) in [5, 5.41) is 3.11.